The first-order valence-electron chi connectivity index (χ1n) is 7.35. The second-order valence-corrected chi connectivity index (χ2v) is 4.80. The molecule has 0 unspecified atom stereocenters. The lowest BCUT2D eigenvalue weighted by molar-refractivity contribution is -0.385. The molecule has 0 spiro atoms. The van der Waals surface area contributed by atoms with Crippen LogP contribution in [0.25, 0.3) is 0 Å². The van der Waals surface area contributed by atoms with E-state index in [4.69, 9.17) is 0 Å². The van der Waals surface area contributed by atoms with Gasteiger partial charge in [-0.1, -0.05) is 44.4 Å². The summed E-state index contributed by atoms with van der Waals surface area (Å²) >= 11 is 0. The minimum atomic E-state index is -0.363. The molecule has 0 fully saturated rings. The summed E-state index contributed by atoms with van der Waals surface area (Å²) in [6.45, 7) is 3.42. The van der Waals surface area contributed by atoms with Crippen molar-refractivity contribution in [2.75, 3.05) is 13.6 Å². The van der Waals surface area contributed by atoms with Crippen LogP contribution in [0.3, 0.4) is 0 Å². The highest BCUT2D eigenvalue weighted by Gasteiger charge is 2.12. The number of nitrogens with one attached hydrogen (secondary N) is 2. The number of hydrogen-bond donors (Lipinski definition) is 2. The van der Waals surface area contributed by atoms with Crippen molar-refractivity contribution in [2.45, 2.75) is 39.2 Å². The van der Waals surface area contributed by atoms with Gasteiger partial charge in [-0.2, -0.15) is 0 Å². The lowest BCUT2D eigenvalue weighted by Gasteiger charge is -2.12. The Morgan fingerprint density at radius 3 is 2.67 bits per heavy atom. The number of unbranched alkanes of at least 4 members (excludes halogenated alkanes) is 3. The third-order valence-electron chi connectivity index (χ3n) is 3.18. The highest BCUT2D eigenvalue weighted by Crippen LogP contribution is 2.16. The number of guanidine groups is 1. The molecule has 0 radical (unpaired) electrons. The second kappa shape index (κ2) is 9.74. The van der Waals surface area contributed by atoms with Gasteiger partial charge in [-0.15, -0.1) is 0 Å². The van der Waals surface area contributed by atoms with Crippen LogP contribution >= 0.6 is 0 Å². The molecule has 0 aliphatic rings. The standard InChI is InChI=1S/C15H24N4O2/c1-3-4-5-8-11-17-15(16-2)18-12-13-9-6-7-10-14(13)19(20)21/h6-7,9-10H,3-5,8,11-12H2,1-2H3,(H2,16,17,18). The Morgan fingerprint density at radius 2 is 2.00 bits per heavy atom. The maximum absolute atomic E-state index is 10.9. The number of aliphatic imine (C=N–C) groups is 1. The van der Waals surface area contributed by atoms with Crippen molar-refractivity contribution >= 4 is 11.6 Å². The van der Waals surface area contributed by atoms with Crippen molar-refractivity contribution in [1.82, 2.24) is 10.6 Å². The molecule has 0 aliphatic carbocycles. The highest BCUT2D eigenvalue weighted by molar-refractivity contribution is 5.79. The van der Waals surface area contributed by atoms with Gasteiger partial charge in [0.15, 0.2) is 5.96 Å². The van der Waals surface area contributed by atoms with Gasteiger partial charge in [0, 0.05) is 31.8 Å². The minimum Gasteiger partial charge on any atom is -0.356 e. The van der Waals surface area contributed by atoms with E-state index in [9.17, 15) is 10.1 Å². The zero-order valence-electron chi connectivity index (χ0n) is 12.8. The summed E-state index contributed by atoms with van der Waals surface area (Å²) in [4.78, 5) is 14.7. The van der Waals surface area contributed by atoms with Crippen LogP contribution < -0.4 is 10.6 Å². The lowest BCUT2D eigenvalue weighted by atomic mass is 10.2. The monoisotopic (exact) mass is 292 g/mol. The average molecular weight is 292 g/mol. The number of hydrogen-bond acceptors (Lipinski definition) is 3. The summed E-state index contributed by atoms with van der Waals surface area (Å²) in [5.74, 6) is 0.671. The third-order valence-corrected chi connectivity index (χ3v) is 3.18. The molecule has 0 saturated carbocycles. The Kier molecular flexibility index (Phi) is 7.86. The van der Waals surface area contributed by atoms with Crippen LogP contribution in [0.5, 0.6) is 0 Å². The van der Waals surface area contributed by atoms with E-state index in [1.54, 1.807) is 25.2 Å². The molecule has 6 heteroatoms. The third kappa shape index (κ3) is 6.25. The van der Waals surface area contributed by atoms with Crippen LogP contribution in [0.4, 0.5) is 5.69 Å². The molecule has 116 valence electrons. The molecular weight excluding hydrogens is 268 g/mol. The largest absolute Gasteiger partial charge is 0.356 e. The highest BCUT2D eigenvalue weighted by atomic mass is 16.6. The Bertz CT molecular complexity index is 474. The molecule has 0 amide bonds. The first kappa shape index (κ1) is 16.9. The normalized spacial score (nSPS) is 11.2. The molecule has 1 aromatic rings. The van der Waals surface area contributed by atoms with Crippen LogP contribution in [-0.2, 0) is 6.54 Å². The molecule has 0 aliphatic heterocycles. The van der Waals surface area contributed by atoms with Gasteiger partial charge in [0.1, 0.15) is 0 Å². The molecule has 1 rings (SSSR count). The quantitative estimate of drug-likeness (QED) is 0.254. The van der Waals surface area contributed by atoms with Crippen molar-refractivity contribution in [2.24, 2.45) is 4.99 Å². The van der Waals surface area contributed by atoms with Crippen molar-refractivity contribution in [3.63, 3.8) is 0 Å². The second-order valence-electron chi connectivity index (χ2n) is 4.80. The van der Waals surface area contributed by atoms with Gasteiger partial charge in [0.2, 0.25) is 0 Å². The molecule has 6 nitrogen and oxygen atoms in total. The predicted octanol–water partition coefficient (Wildman–Crippen LogP) is 2.84. The number of nitrogens with zero attached hydrogens (tertiary/aromatic N) is 2. The SMILES string of the molecule is CCCCCCNC(=NC)NCc1ccccc1[N+](=O)[O-]. The summed E-state index contributed by atoms with van der Waals surface area (Å²) < 4.78 is 0. The van der Waals surface area contributed by atoms with Gasteiger partial charge in [0.05, 0.1) is 4.92 Å². The molecule has 0 heterocycles. The summed E-state index contributed by atoms with van der Waals surface area (Å²) in [5, 5.41) is 17.3. The fourth-order valence-corrected chi connectivity index (χ4v) is 2.00. The molecule has 21 heavy (non-hydrogen) atoms. The minimum absolute atomic E-state index is 0.128. The van der Waals surface area contributed by atoms with Crippen molar-refractivity contribution in [3.05, 3.63) is 39.9 Å². The summed E-state index contributed by atoms with van der Waals surface area (Å²) in [5.41, 5.74) is 0.778. The molecule has 2 N–H and O–H groups in total. The average Bonchev–Trinajstić information content (AvgIpc) is 2.50. The molecule has 0 atom stereocenters. The molecule has 0 bridgehead atoms. The Hall–Kier alpha value is -2.11. The Labute approximate surface area is 125 Å². The predicted molar refractivity (Wildman–Crippen MR) is 85.4 cm³/mol. The van der Waals surface area contributed by atoms with Crippen molar-refractivity contribution in [3.8, 4) is 0 Å². The van der Waals surface area contributed by atoms with E-state index in [0.29, 0.717) is 18.1 Å². The summed E-state index contributed by atoms with van der Waals surface area (Å²) in [6.07, 6.45) is 4.75. The Morgan fingerprint density at radius 1 is 1.24 bits per heavy atom. The topological polar surface area (TPSA) is 79.6 Å². The van der Waals surface area contributed by atoms with E-state index in [1.807, 2.05) is 0 Å². The number of para-hydroxylation sites is 1. The maximum atomic E-state index is 10.9. The zero-order chi connectivity index (χ0) is 15.5. The summed E-state index contributed by atoms with van der Waals surface area (Å²) in [7, 11) is 1.70. The van der Waals surface area contributed by atoms with Crippen LogP contribution in [0.1, 0.15) is 38.2 Å². The molecular formula is C15H24N4O2. The number of nitro benzene ring substituents is 1. The Balaban J connectivity index is 2.43. The van der Waals surface area contributed by atoms with Crippen molar-refractivity contribution in [1.29, 1.82) is 0 Å². The first-order valence-corrected chi connectivity index (χ1v) is 7.35. The lowest BCUT2D eigenvalue weighted by Crippen LogP contribution is -2.37. The van der Waals surface area contributed by atoms with Gasteiger partial charge < -0.3 is 10.6 Å². The summed E-state index contributed by atoms with van der Waals surface area (Å²) in [6, 6.07) is 6.73. The van der Waals surface area contributed by atoms with Gasteiger partial charge in [0.25, 0.3) is 5.69 Å². The van der Waals surface area contributed by atoms with E-state index < -0.39 is 0 Å². The number of nitro groups is 1. The van der Waals surface area contributed by atoms with Gasteiger partial charge in [-0.3, -0.25) is 15.1 Å². The van der Waals surface area contributed by atoms with Gasteiger partial charge in [-0.25, -0.2) is 0 Å². The van der Waals surface area contributed by atoms with E-state index in [-0.39, 0.29) is 10.6 Å². The fraction of sp³-hybridized carbons (Fsp3) is 0.533. The molecule has 1 aromatic carbocycles. The van der Waals surface area contributed by atoms with Crippen molar-refractivity contribution < 1.29 is 4.92 Å². The maximum Gasteiger partial charge on any atom is 0.274 e. The fourth-order valence-electron chi connectivity index (χ4n) is 2.00. The van der Waals surface area contributed by atoms with E-state index in [2.05, 4.69) is 22.5 Å². The van der Waals surface area contributed by atoms with Crippen LogP contribution in [-0.4, -0.2) is 24.5 Å². The van der Waals surface area contributed by atoms with E-state index in [0.717, 1.165) is 13.0 Å². The molecule has 0 saturated heterocycles. The van der Waals surface area contributed by atoms with Crippen LogP contribution in [0.15, 0.2) is 29.3 Å². The van der Waals surface area contributed by atoms with E-state index in [1.165, 1.54) is 25.3 Å². The van der Waals surface area contributed by atoms with Crippen LogP contribution in [0.2, 0.25) is 0 Å². The first-order chi connectivity index (χ1) is 10.2. The van der Waals surface area contributed by atoms with Gasteiger partial charge in [-0.05, 0) is 6.42 Å². The smallest absolute Gasteiger partial charge is 0.274 e. The van der Waals surface area contributed by atoms with E-state index >= 15 is 0 Å². The molecule has 0 aromatic heterocycles. The van der Waals surface area contributed by atoms with Gasteiger partial charge >= 0.3 is 0 Å². The number of rotatable bonds is 8. The zero-order valence-corrected chi connectivity index (χ0v) is 12.8. The van der Waals surface area contributed by atoms with Crippen LogP contribution in [0, 0.1) is 10.1 Å². The number of benzene rings is 1.